The van der Waals surface area contributed by atoms with Crippen LogP contribution in [-0.2, 0) is 0 Å². The summed E-state index contributed by atoms with van der Waals surface area (Å²) in [5.74, 6) is 0. The van der Waals surface area contributed by atoms with E-state index in [0.717, 1.165) is 21.3 Å². The Morgan fingerprint density at radius 2 is 0.684 bits per heavy atom. The molecule has 0 saturated heterocycles. The van der Waals surface area contributed by atoms with Crippen molar-refractivity contribution in [2.75, 3.05) is 0 Å². The van der Waals surface area contributed by atoms with Crippen LogP contribution in [0.15, 0.2) is 0 Å². The van der Waals surface area contributed by atoms with E-state index < -0.39 is 0 Å². The third-order valence-corrected chi connectivity index (χ3v) is 21.8. The lowest BCUT2D eigenvalue weighted by molar-refractivity contribution is 1.18. The van der Waals surface area contributed by atoms with E-state index in [-0.39, 0.29) is 0 Å². The second-order valence-electron chi connectivity index (χ2n) is 27.2. The molecule has 0 unspecified atom stereocenters. The molecule has 0 fully saturated rings. The van der Waals surface area contributed by atoms with Crippen LogP contribution in [-0.4, -0.2) is 239 Å². The quantitative estimate of drug-likeness (QED) is 0.0631. The Morgan fingerprint density at radius 1 is 0.303 bits per heavy atom. The Balaban J connectivity index is 2.29. The van der Waals surface area contributed by atoms with Gasteiger partial charge in [0.05, 0.1) is 178 Å². The zero-order chi connectivity index (χ0) is 57.5. The fourth-order valence-electron chi connectivity index (χ4n) is 15.9. The number of rotatable bonds is 17. The summed E-state index contributed by atoms with van der Waals surface area (Å²) in [7, 11) is 50.4. The van der Waals surface area contributed by atoms with Gasteiger partial charge in [-0.3, -0.25) is 0 Å². The van der Waals surface area contributed by atoms with Crippen molar-refractivity contribution in [3.05, 3.63) is 72.3 Å². The largest absolute Gasteiger partial charge is 0.139 e. The summed E-state index contributed by atoms with van der Waals surface area (Å²) >= 11 is 0. The standard InChI is InChI=1S/C43H79B33/c1-14-15(2)21(8)27(22(9)16(14)3)32-28-23(10)17(4)19(6)25(12)30(28)33(31-26(13)20(7)18(5)24(11)29(31)32)35-38(62-45)37(44)34-36(39(35)66(49)63-46)40(67(50)71(51)52)42(68(64-47)72(53)54)43(69(73(55)56)74(57)58)41(34)70(75(59)60)76(61)65-48/h62-65H,44-61H2,1-13H3. The van der Waals surface area contributed by atoms with Gasteiger partial charge in [-0.1, -0.05) is 27.3 Å². The normalized spacial score (nSPS) is 11.1. The Hall–Kier alpha value is -1.76. The summed E-state index contributed by atoms with van der Waals surface area (Å²) in [6, 6.07) is 0. The minimum absolute atomic E-state index is 0.317. The average Bonchev–Trinajstić information content (AvgIpc) is 3.39. The fourth-order valence-corrected chi connectivity index (χ4v) is 15.9. The second-order valence-corrected chi connectivity index (χ2v) is 27.2. The van der Waals surface area contributed by atoms with Gasteiger partial charge in [-0.2, -0.15) is 0 Å². The molecule has 0 aliphatic heterocycles. The van der Waals surface area contributed by atoms with Gasteiger partial charge in [0.1, 0.15) is 15.0 Å². The molecule has 33 heteroatoms. The molecule has 6 aromatic carbocycles. The molecule has 0 bridgehead atoms. The molecule has 0 heterocycles. The van der Waals surface area contributed by atoms with Gasteiger partial charge < -0.3 is 0 Å². The Bertz CT molecular complexity index is 3160. The molecule has 0 N–H and O–H groups in total. The number of hydrogen-bond donors (Lipinski definition) is 0. The molecular formula is C43H79B33. The lowest BCUT2D eigenvalue weighted by Crippen LogP contribution is -2.80. The van der Waals surface area contributed by atoms with Crippen LogP contribution in [0.2, 0.25) is 0 Å². The third-order valence-electron chi connectivity index (χ3n) is 21.8. The Labute approximate surface area is 490 Å². The van der Waals surface area contributed by atoms with Crippen molar-refractivity contribution in [1.29, 1.82) is 0 Å². The highest BCUT2D eigenvalue weighted by Crippen LogP contribution is 2.52. The maximum atomic E-state index is 2.64. The maximum Gasteiger partial charge on any atom is 0.139 e. The van der Waals surface area contributed by atoms with Crippen molar-refractivity contribution in [3.63, 3.8) is 0 Å². The molecule has 6 rings (SSSR count). The number of fused-ring (bicyclic) bond motifs is 3. The van der Waals surface area contributed by atoms with Crippen LogP contribution in [0, 0.1) is 90.0 Å². The van der Waals surface area contributed by atoms with Gasteiger partial charge in [0, 0.05) is 45.4 Å². The summed E-state index contributed by atoms with van der Waals surface area (Å²) in [4.78, 5) is 0. The van der Waals surface area contributed by atoms with Crippen molar-refractivity contribution in [2.24, 2.45) is 0 Å². The van der Waals surface area contributed by atoms with E-state index in [1.54, 1.807) is 54.6 Å². The predicted octanol–water partition coefficient (Wildman–Crippen LogP) is -16.6. The van der Waals surface area contributed by atoms with E-state index in [0.29, 0.717) is 70.8 Å². The van der Waals surface area contributed by atoms with E-state index in [9.17, 15) is 0 Å². The van der Waals surface area contributed by atoms with Gasteiger partial charge in [-0.05, 0) is 217 Å². The van der Waals surface area contributed by atoms with E-state index in [1.807, 2.05) is 0 Å². The first-order valence-electron chi connectivity index (χ1n) is 31.1. The molecule has 0 aliphatic carbocycles. The van der Waals surface area contributed by atoms with Gasteiger partial charge in [0.15, 0.2) is 0 Å². The van der Waals surface area contributed by atoms with Crippen LogP contribution in [0.1, 0.15) is 72.3 Å². The fraction of sp³-hybridized carbons (Fsp3) is 0.302. The van der Waals surface area contributed by atoms with Crippen molar-refractivity contribution in [3.8, 4) is 22.3 Å². The summed E-state index contributed by atoms with van der Waals surface area (Å²) in [5.41, 5.74) is 36.4. The summed E-state index contributed by atoms with van der Waals surface area (Å²) in [6.45, 7) is 33.6. The average molecular weight is 953 g/mol. The lowest BCUT2D eigenvalue weighted by Gasteiger charge is -2.42. The first-order valence-corrected chi connectivity index (χ1v) is 31.1. The van der Waals surface area contributed by atoms with E-state index in [2.05, 4.69) is 229 Å². The molecular weight excluding hydrogens is 873 g/mol. The highest BCUT2D eigenvalue weighted by Gasteiger charge is 2.43. The lowest BCUT2D eigenvalue weighted by atomic mass is 8.66. The van der Waals surface area contributed by atoms with Gasteiger partial charge >= 0.3 is 0 Å². The second kappa shape index (κ2) is 24.4. The zero-order valence-corrected chi connectivity index (χ0v) is 55.2. The first-order chi connectivity index (χ1) is 35.4. The van der Waals surface area contributed by atoms with Gasteiger partial charge in [-0.25, -0.2) is 0 Å². The SMILES string of the molecule is BBB(B)B(B(B)B)c1c(B(B(B)B)B(B)B)c(B(BB)B(B)B)c(B(B)B(B)B)c2c(B(B)BB)c(-c3c4c(C)c(C)c(C)c(C)c4c(-c4c(C)c(C)c(C)c(C)c4C)c4c(C)c(C)c(C)c(C)c34)c(BB)c(B)c12. The summed E-state index contributed by atoms with van der Waals surface area (Å²) in [6.07, 6.45) is 3.01. The Morgan fingerprint density at radius 3 is 1.01 bits per heavy atom. The number of aryl methyl sites for hydroxylation is 4. The minimum Gasteiger partial charge on any atom is -0.113 e. The maximum absolute atomic E-state index is 2.64. The van der Waals surface area contributed by atoms with Gasteiger partial charge in [-0.15, -0.1) is 10.9 Å². The smallest absolute Gasteiger partial charge is 0.113 e. The van der Waals surface area contributed by atoms with Crippen LogP contribution in [0.25, 0.3) is 54.6 Å². The molecule has 0 nitrogen and oxygen atoms in total. The van der Waals surface area contributed by atoms with E-state index >= 15 is 0 Å². The minimum atomic E-state index is 0.317. The molecule has 350 valence electrons. The molecule has 0 saturated carbocycles. The van der Waals surface area contributed by atoms with Crippen LogP contribution < -0.4 is 38.2 Å². The third kappa shape index (κ3) is 10.1. The molecule has 0 atom stereocenters. The van der Waals surface area contributed by atoms with Crippen LogP contribution in [0.3, 0.4) is 0 Å². The molecule has 6 aromatic rings. The van der Waals surface area contributed by atoms with Gasteiger partial charge in [0.2, 0.25) is 0 Å². The predicted molar refractivity (Wildman–Crippen MR) is 435 cm³/mol. The van der Waals surface area contributed by atoms with Crippen LogP contribution in [0.5, 0.6) is 0 Å². The topological polar surface area (TPSA) is 0 Å². The van der Waals surface area contributed by atoms with Crippen molar-refractivity contribution in [2.45, 2.75) is 90.0 Å². The van der Waals surface area contributed by atoms with E-state index in [4.69, 9.17) is 0 Å². The van der Waals surface area contributed by atoms with Crippen molar-refractivity contribution < 1.29 is 0 Å². The molecule has 0 aromatic heterocycles. The Kier molecular flexibility index (Phi) is 20.3. The molecule has 0 radical (unpaired) electrons. The number of hydrogen-bond acceptors (Lipinski definition) is 0. The van der Waals surface area contributed by atoms with Crippen molar-refractivity contribution >= 4 is 309 Å². The molecule has 0 spiro atoms. The van der Waals surface area contributed by atoms with Crippen LogP contribution >= 0.6 is 0 Å². The molecule has 76 heavy (non-hydrogen) atoms. The molecule has 0 amide bonds. The zero-order valence-electron chi connectivity index (χ0n) is 55.2. The highest BCUT2D eigenvalue weighted by molar-refractivity contribution is 7.89. The monoisotopic (exact) mass is 959 g/mol. The van der Waals surface area contributed by atoms with E-state index in [1.165, 1.54) is 118 Å². The molecule has 0 aliphatic rings. The number of benzene rings is 6. The summed E-state index contributed by atoms with van der Waals surface area (Å²) < 4.78 is 0. The van der Waals surface area contributed by atoms with Crippen molar-refractivity contribution in [1.82, 2.24) is 0 Å². The first kappa shape index (κ1) is 63.4. The van der Waals surface area contributed by atoms with Gasteiger partial charge in [0.25, 0.3) is 0 Å². The highest BCUT2D eigenvalue weighted by atomic mass is 14.3. The van der Waals surface area contributed by atoms with Crippen LogP contribution in [0.4, 0.5) is 0 Å². The summed E-state index contributed by atoms with van der Waals surface area (Å²) in [5, 5.41) is 9.22.